The number of anilines is 1. The fourth-order valence-electron chi connectivity index (χ4n) is 3.61. The number of hydrogen-bond acceptors (Lipinski definition) is 8. The smallest absolute Gasteiger partial charge is 0.283 e. The monoisotopic (exact) mass is 477 g/mol. The van der Waals surface area contributed by atoms with Crippen molar-refractivity contribution >= 4 is 56.5 Å². The first-order valence-electron chi connectivity index (χ1n) is 9.79. The Morgan fingerprint density at radius 3 is 2.61 bits per heavy atom. The maximum atomic E-state index is 13.0. The highest BCUT2D eigenvalue weighted by molar-refractivity contribution is 8.00. The molecule has 2 amide bonds. The largest absolute Gasteiger partial charge is 0.497 e. The van der Waals surface area contributed by atoms with E-state index in [-0.39, 0.29) is 16.8 Å². The van der Waals surface area contributed by atoms with Gasteiger partial charge in [-0.2, -0.15) is 0 Å². The molecule has 0 saturated carbocycles. The van der Waals surface area contributed by atoms with E-state index < -0.39 is 16.7 Å². The Balaban J connectivity index is 1.41. The summed E-state index contributed by atoms with van der Waals surface area (Å²) in [7, 11) is 1.63. The van der Waals surface area contributed by atoms with Crippen LogP contribution in [-0.4, -0.2) is 28.8 Å². The number of rotatable bonds is 6. The van der Waals surface area contributed by atoms with Crippen molar-refractivity contribution in [2.75, 3.05) is 12.0 Å². The Morgan fingerprint density at radius 2 is 1.88 bits per heavy atom. The SMILES string of the molecule is COc1ccc(CSc2nc3ccc(N4C(=O)c5cccc([N+](=O)[O-])c5C4=O)cc3s2)cc1. The summed E-state index contributed by atoms with van der Waals surface area (Å²) < 4.78 is 6.85. The quantitative estimate of drug-likeness (QED) is 0.161. The Kier molecular flexibility index (Phi) is 5.31. The van der Waals surface area contributed by atoms with Crippen molar-refractivity contribution in [2.24, 2.45) is 0 Å². The maximum absolute atomic E-state index is 13.0. The standard InChI is InChI=1S/C23H15N3O5S2/c1-31-15-8-5-13(6-9-15)12-32-23-24-17-10-7-14(11-19(17)33-23)25-21(27)16-3-2-4-18(26(29)30)20(16)22(25)28/h2-11H,12H2,1H3. The molecule has 0 spiro atoms. The number of aromatic nitrogens is 1. The van der Waals surface area contributed by atoms with Crippen LogP contribution in [0.15, 0.2) is 65.0 Å². The molecule has 0 bridgehead atoms. The summed E-state index contributed by atoms with van der Waals surface area (Å²) >= 11 is 3.05. The number of amides is 2. The molecular weight excluding hydrogens is 462 g/mol. The highest BCUT2D eigenvalue weighted by Gasteiger charge is 2.41. The van der Waals surface area contributed by atoms with Gasteiger partial charge in [0, 0.05) is 11.8 Å². The number of nitro benzene ring substituents is 1. The Bertz CT molecular complexity index is 1430. The molecule has 10 heteroatoms. The number of nitro groups is 1. The van der Waals surface area contributed by atoms with Crippen LogP contribution in [0.1, 0.15) is 26.3 Å². The molecule has 2 heterocycles. The van der Waals surface area contributed by atoms with Crippen LogP contribution < -0.4 is 9.64 Å². The fraction of sp³-hybridized carbons (Fsp3) is 0.0870. The number of ether oxygens (including phenoxy) is 1. The summed E-state index contributed by atoms with van der Waals surface area (Å²) in [6, 6.07) is 17.0. The molecular formula is C23H15N3O5S2. The summed E-state index contributed by atoms with van der Waals surface area (Å²) in [6.45, 7) is 0. The van der Waals surface area contributed by atoms with Gasteiger partial charge < -0.3 is 4.74 Å². The number of imide groups is 1. The predicted octanol–water partition coefficient (Wildman–Crippen LogP) is 5.31. The first kappa shape index (κ1) is 21.1. The molecule has 0 fully saturated rings. The molecule has 0 unspecified atom stereocenters. The lowest BCUT2D eigenvalue weighted by molar-refractivity contribution is -0.385. The number of methoxy groups -OCH3 is 1. The van der Waals surface area contributed by atoms with E-state index in [1.165, 1.54) is 29.5 Å². The average Bonchev–Trinajstić information content (AvgIpc) is 3.35. The number of hydrogen-bond donors (Lipinski definition) is 0. The minimum atomic E-state index is -0.694. The number of thioether (sulfide) groups is 1. The molecule has 164 valence electrons. The molecule has 0 radical (unpaired) electrons. The predicted molar refractivity (Wildman–Crippen MR) is 126 cm³/mol. The van der Waals surface area contributed by atoms with Gasteiger partial charge in [-0.15, -0.1) is 11.3 Å². The lowest BCUT2D eigenvalue weighted by Gasteiger charge is -2.13. The Hall–Kier alpha value is -3.76. The number of carbonyl (C=O) groups is 2. The van der Waals surface area contributed by atoms with Crippen LogP contribution >= 0.6 is 23.1 Å². The van der Waals surface area contributed by atoms with Crippen molar-refractivity contribution in [3.8, 4) is 5.75 Å². The highest BCUT2D eigenvalue weighted by Crippen LogP contribution is 2.37. The van der Waals surface area contributed by atoms with Crippen molar-refractivity contribution < 1.29 is 19.2 Å². The lowest BCUT2D eigenvalue weighted by Crippen LogP contribution is -2.29. The number of nitrogens with zero attached hydrogens (tertiary/aromatic N) is 3. The van der Waals surface area contributed by atoms with Gasteiger partial charge in [-0.3, -0.25) is 19.7 Å². The van der Waals surface area contributed by atoms with Crippen LogP contribution in [0.25, 0.3) is 10.2 Å². The molecule has 0 atom stereocenters. The number of fused-ring (bicyclic) bond motifs is 2. The van der Waals surface area contributed by atoms with E-state index in [0.29, 0.717) is 5.69 Å². The van der Waals surface area contributed by atoms with Crippen molar-refractivity contribution in [2.45, 2.75) is 10.1 Å². The van der Waals surface area contributed by atoms with Crippen LogP contribution in [-0.2, 0) is 5.75 Å². The van der Waals surface area contributed by atoms with E-state index in [0.717, 1.165) is 36.5 Å². The average molecular weight is 478 g/mol. The van der Waals surface area contributed by atoms with Crippen molar-refractivity contribution in [3.05, 3.63) is 87.5 Å². The van der Waals surface area contributed by atoms with Crippen molar-refractivity contribution in [1.29, 1.82) is 0 Å². The molecule has 0 saturated heterocycles. The number of carbonyl (C=O) groups excluding carboxylic acids is 2. The Morgan fingerprint density at radius 1 is 1.09 bits per heavy atom. The van der Waals surface area contributed by atoms with Gasteiger partial charge in [0.05, 0.1) is 33.5 Å². The van der Waals surface area contributed by atoms with E-state index in [4.69, 9.17) is 4.74 Å². The molecule has 0 aliphatic carbocycles. The van der Waals surface area contributed by atoms with Gasteiger partial charge in [-0.1, -0.05) is 30.0 Å². The van der Waals surface area contributed by atoms with E-state index in [1.54, 1.807) is 37.1 Å². The molecule has 8 nitrogen and oxygen atoms in total. The second-order valence-electron chi connectivity index (χ2n) is 7.17. The third-order valence-corrected chi connectivity index (χ3v) is 7.45. The highest BCUT2D eigenvalue weighted by atomic mass is 32.2. The van der Waals surface area contributed by atoms with Crippen LogP contribution in [0.2, 0.25) is 0 Å². The van der Waals surface area contributed by atoms with Gasteiger partial charge in [0.1, 0.15) is 11.3 Å². The van der Waals surface area contributed by atoms with Crippen LogP contribution in [0.4, 0.5) is 11.4 Å². The van der Waals surface area contributed by atoms with Gasteiger partial charge in [-0.25, -0.2) is 9.88 Å². The van der Waals surface area contributed by atoms with Crippen molar-refractivity contribution in [1.82, 2.24) is 4.98 Å². The van der Waals surface area contributed by atoms with Gasteiger partial charge in [0.25, 0.3) is 17.5 Å². The van der Waals surface area contributed by atoms with Crippen LogP contribution in [0.5, 0.6) is 5.75 Å². The van der Waals surface area contributed by atoms with Gasteiger partial charge in [0.2, 0.25) is 0 Å². The normalized spacial score (nSPS) is 12.9. The van der Waals surface area contributed by atoms with E-state index >= 15 is 0 Å². The van der Waals surface area contributed by atoms with Gasteiger partial charge >= 0.3 is 0 Å². The number of thiazole rings is 1. The lowest BCUT2D eigenvalue weighted by atomic mass is 10.1. The minimum absolute atomic E-state index is 0.0364. The summed E-state index contributed by atoms with van der Waals surface area (Å²) in [5, 5.41) is 11.3. The first-order valence-corrected chi connectivity index (χ1v) is 11.6. The second kappa shape index (κ2) is 8.30. The third kappa shape index (κ3) is 3.73. The zero-order valence-electron chi connectivity index (χ0n) is 17.2. The number of benzene rings is 3. The summed E-state index contributed by atoms with van der Waals surface area (Å²) in [6.07, 6.45) is 0. The molecule has 0 N–H and O–H groups in total. The molecule has 3 aromatic carbocycles. The van der Waals surface area contributed by atoms with Crippen molar-refractivity contribution in [3.63, 3.8) is 0 Å². The van der Waals surface area contributed by atoms with E-state index in [2.05, 4.69) is 4.98 Å². The first-order chi connectivity index (χ1) is 16.0. The molecule has 4 aromatic rings. The summed E-state index contributed by atoms with van der Waals surface area (Å²) in [5.74, 6) is 0.269. The third-order valence-electron chi connectivity index (χ3n) is 5.22. The molecule has 1 aliphatic heterocycles. The van der Waals surface area contributed by atoms with Crippen LogP contribution in [0, 0.1) is 10.1 Å². The molecule has 1 aromatic heterocycles. The molecule has 5 rings (SSSR count). The maximum Gasteiger partial charge on any atom is 0.283 e. The van der Waals surface area contributed by atoms with Crippen LogP contribution in [0.3, 0.4) is 0 Å². The fourth-order valence-corrected chi connectivity index (χ4v) is 5.67. The zero-order valence-corrected chi connectivity index (χ0v) is 18.8. The summed E-state index contributed by atoms with van der Waals surface area (Å²) in [5.41, 5.74) is 1.74. The van der Waals surface area contributed by atoms with E-state index in [1.807, 2.05) is 24.3 Å². The van der Waals surface area contributed by atoms with E-state index in [9.17, 15) is 19.7 Å². The second-order valence-corrected chi connectivity index (χ2v) is 9.42. The molecule has 33 heavy (non-hydrogen) atoms. The Labute approximate surface area is 196 Å². The van der Waals surface area contributed by atoms with Gasteiger partial charge in [-0.05, 0) is 42.0 Å². The summed E-state index contributed by atoms with van der Waals surface area (Å²) in [4.78, 5) is 42.1. The van der Waals surface area contributed by atoms with Gasteiger partial charge in [0.15, 0.2) is 4.34 Å². The zero-order chi connectivity index (χ0) is 23.1. The molecule has 1 aliphatic rings. The minimum Gasteiger partial charge on any atom is -0.497 e. The topological polar surface area (TPSA) is 103 Å².